The molecule has 0 aromatic heterocycles. The van der Waals surface area contributed by atoms with Gasteiger partial charge in [0, 0.05) is 0 Å². The van der Waals surface area contributed by atoms with Crippen molar-refractivity contribution in [3.63, 3.8) is 0 Å². The standard InChI is InChI=1S/C11H16O2/c1-8(2)9-4-3-5-10(6-9)11(13)7-12/h3-6,8,11-13H,7H2,1-2H3/t11-/m0/s1. The third-order valence-corrected chi connectivity index (χ3v) is 2.14. The number of aliphatic hydroxyl groups is 2. The first-order chi connectivity index (χ1) is 6.15. The minimum absolute atomic E-state index is 0.221. The van der Waals surface area contributed by atoms with Crippen LogP contribution in [0.3, 0.4) is 0 Å². The predicted molar refractivity (Wildman–Crippen MR) is 52.6 cm³/mol. The van der Waals surface area contributed by atoms with Crippen LogP contribution in [0, 0.1) is 0 Å². The second-order valence-electron chi connectivity index (χ2n) is 3.52. The summed E-state index contributed by atoms with van der Waals surface area (Å²) in [6.07, 6.45) is -0.751. The molecule has 2 nitrogen and oxygen atoms in total. The van der Waals surface area contributed by atoms with E-state index in [0.29, 0.717) is 5.92 Å². The molecule has 72 valence electrons. The molecule has 0 saturated heterocycles. The Morgan fingerprint density at radius 2 is 1.85 bits per heavy atom. The second kappa shape index (κ2) is 4.40. The molecule has 0 spiro atoms. The number of rotatable bonds is 3. The van der Waals surface area contributed by atoms with Crippen LogP contribution in [-0.2, 0) is 0 Å². The van der Waals surface area contributed by atoms with Crippen LogP contribution in [0.25, 0.3) is 0 Å². The SMILES string of the molecule is CC(C)c1cccc([C@@H](O)CO)c1. The summed E-state index contributed by atoms with van der Waals surface area (Å²) in [4.78, 5) is 0. The molecule has 0 heterocycles. The molecule has 2 heteroatoms. The van der Waals surface area contributed by atoms with Gasteiger partial charge in [-0.05, 0) is 17.0 Å². The van der Waals surface area contributed by atoms with Crippen LogP contribution in [0.2, 0.25) is 0 Å². The van der Waals surface area contributed by atoms with Crippen LogP contribution in [0.4, 0.5) is 0 Å². The van der Waals surface area contributed by atoms with Gasteiger partial charge in [-0.15, -0.1) is 0 Å². The summed E-state index contributed by atoms with van der Waals surface area (Å²) < 4.78 is 0. The van der Waals surface area contributed by atoms with Crippen LogP contribution >= 0.6 is 0 Å². The zero-order valence-corrected chi connectivity index (χ0v) is 8.07. The molecule has 0 bridgehead atoms. The molecular weight excluding hydrogens is 164 g/mol. The lowest BCUT2D eigenvalue weighted by atomic mass is 9.99. The average molecular weight is 180 g/mol. The van der Waals surface area contributed by atoms with E-state index in [1.807, 2.05) is 24.3 Å². The van der Waals surface area contributed by atoms with Gasteiger partial charge in [0.05, 0.1) is 6.61 Å². The molecule has 0 aliphatic heterocycles. The maximum absolute atomic E-state index is 9.39. The highest BCUT2D eigenvalue weighted by molar-refractivity contribution is 5.27. The average Bonchev–Trinajstić information content (AvgIpc) is 2.17. The Bertz CT molecular complexity index is 269. The van der Waals surface area contributed by atoms with Crippen LogP contribution < -0.4 is 0 Å². The zero-order chi connectivity index (χ0) is 9.84. The van der Waals surface area contributed by atoms with Gasteiger partial charge < -0.3 is 10.2 Å². The minimum atomic E-state index is -0.751. The monoisotopic (exact) mass is 180 g/mol. The first-order valence-corrected chi connectivity index (χ1v) is 4.54. The van der Waals surface area contributed by atoms with Crippen molar-refractivity contribution < 1.29 is 10.2 Å². The van der Waals surface area contributed by atoms with Gasteiger partial charge in [-0.1, -0.05) is 38.1 Å². The van der Waals surface area contributed by atoms with E-state index in [1.54, 1.807) is 0 Å². The fourth-order valence-corrected chi connectivity index (χ4v) is 1.23. The van der Waals surface area contributed by atoms with Gasteiger partial charge in [-0.3, -0.25) is 0 Å². The van der Waals surface area contributed by atoms with Crippen LogP contribution in [-0.4, -0.2) is 16.8 Å². The number of hydrogen-bond donors (Lipinski definition) is 2. The van der Waals surface area contributed by atoms with Crippen molar-refractivity contribution in [2.75, 3.05) is 6.61 Å². The zero-order valence-electron chi connectivity index (χ0n) is 8.07. The molecule has 1 rings (SSSR count). The van der Waals surface area contributed by atoms with Gasteiger partial charge in [0.15, 0.2) is 0 Å². The van der Waals surface area contributed by atoms with Crippen molar-refractivity contribution in [2.24, 2.45) is 0 Å². The van der Waals surface area contributed by atoms with Gasteiger partial charge >= 0.3 is 0 Å². The van der Waals surface area contributed by atoms with Gasteiger partial charge in [-0.2, -0.15) is 0 Å². The maximum Gasteiger partial charge on any atom is 0.102 e. The number of hydrogen-bond acceptors (Lipinski definition) is 2. The Morgan fingerprint density at radius 1 is 1.23 bits per heavy atom. The van der Waals surface area contributed by atoms with E-state index in [-0.39, 0.29) is 6.61 Å². The number of aliphatic hydroxyl groups excluding tert-OH is 2. The highest BCUT2D eigenvalue weighted by atomic mass is 16.3. The summed E-state index contributed by atoms with van der Waals surface area (Å²) in [5, 5.41) is 18.2. The minimum Gasteiger partial charge on any atom is -0.393 e. The van der Waals surface area contributed by atoms with E-state index in [9.17, 15) is 5.11 Å². The summed E-state index contributed by atoms with van der Waals surface area (Å²) in [6.45, 7) is 3.98. The summed E-state index contributed by atoms with van der Waals surface area (Å²) in [5.41, 5.74) is 1.97. The molecule has 0 aliphatic rings. The Morgan fingerprint density at radius 3 is 2.38 bits per heavy atom. The van der Waals surface area contributed by atoms with E-state index in [0.717, 1.165) is 5.56 Å². The summed E-state index contributed by atoms with van der Waals surface area (Å²) in [5.74, 6) is 0.450. The number of benzene rings is 1. The molecular formula is C11H16O2. The van der Waals surface area contributed by atoms with Crippen LogP contribution in [0.15, 0.2) is 24.3 Å². The van der Waals surface area contributed by atoms with Gasteiger partial charge in [0.1, 0.15) is 6.10 Å². The molecule has 1 aromatic rings. The van der Waals surface area contributed by atoms with Crippen molar-refractivity contribution in [1.29, 1.82) is 0 Å². The molecule has 0 unspecified atom stereocenters. The van der Waals surface area contributed by atoms with Crippen molar-refractivity contribution in [3.05, 3.63) is 35.4 Å². The third kappa shape index (κ3) is 2.54. The smallest absolute Gasteiger partial charge is 0.102 e. The van der Waals surface area contributed by atoms with Crippen LogP contribution in [0.1, 0.15) is 37.0 Å². The fraction of sp³-hybridized carbons (Fsp3) is 0.455. The van der Waals surface area contributed by atoms with Crippen LogP contribution in [0.5, 0.6) is 0 Å². The normalized spacial score (nSPS) is 13.3. The lowest BCUT2D eigenvalue weighted by Gasteiger charge is -2.11. The Kier molecular flexibility index (Phi) is 3.46. The van der Waals surface area contributed by atoms with Gasteiger partial charge in [0.25, 0.3) is 0 Å². The topological polar surface area (TPSA) is 40.5 Å². The summed E-state index contributed by atoms with van der Waals surface area (Å²) in [6, 6.07) is 7.69. The third-order valence-electron chi connectivity index (χ3n) is 2.14. The Balaban J connectivity index is 2.91. The molecule has 0 amide bonds. The highest BCUT2D eigenvalue weighted by Gasteiger charge is 2.07. The van der Waals surface area contributed by atoms with Gasteiger partial charge in [0.2, 0.25) is 0 Å². The van der Waals surface area contributed by atoms with Crippen molar-refractivity contribution in [3.8, 4) is 0 Å². The van der Waals surface area contributed by atoms with Crippen molar-refractivity contribution >= 4 is 0 Å². The Labute approximate surface area is 78.8 Å². The van der Waals surface area contributed by atoms with E-state index in [2.05, 4.69) is 13.8 Å². The van der Waals surface area contributed by atoms with Gasteiger partial charge in [-0.25, -0.2) is 0 Å². The molecule has 13 heavy (non-hydrogen) atoms. The van der Waals surface area contributed by atoms with Crippen molar-refractivity contribution in [1.82, 2.24) is 0 Å². The molecule has 1 atom stereocenters. The lowest BCUT2D eigenvalue weighted by Crippen LogP contribution is -2.03. The highest BCUT2D eigenvalue weighted by Crippen LogP contribution is 2.19. The second-order valence-corrected chi connectivity index (χ2v) is 3.52. The Hall–Kier alpha value is -0.860. The van der Waals surface area contributed by atoms with E-state index >= 15 is 0 Å². The molecule has 0 radical (unpaired) electrons. The van der Waals surface area contributed by atoms with E-state index in [1.165, 1.54) is 5.56 Å². The fourth-order valence-electron chi connectivity index (χ4n) is 1.23. The quantitative estimate of drug-likeness (QED) is 0.745. The molecule has 0 saturated carbocycles. The summed E-state index contributed by atoms with van der Waals surface area (Å²) >= 11 is 0. The lowest BCUT2D eigenvalue weighted by molar-refractivity contribution is 0.0955. The largest absolute Gasteiger partial charge is 0.393 e. The first-order valence-electron chi connectivity index (χ1n) is 4.54. The molecule has 0 aliphatic carbocycles. The molecule has 2 N–H and O–H groups in total. The summed E-state index contributed by atoms with van der Waals surface area (Å²) in [7, 11) is 0. The molecule has 1 aromatic carbocycles. The molecule has 0 fully saturated rings. The predicted octanol–water partition coefficient (Wildman–Crippen LogP) is 1.84. The van der Waals surface area contributed by atoms with E-state index < -0.39 is 6.10 Å². The van der Waals surface area contributed by atoms with Crippen molar-refractivity contribution in [2.45, 2.75) is 25.9 Å². The van der Waals surface area contributed by atoms with E-state index in [4.69, 9.17) is 5.11 Å². The first kappa shape index (κ1) is 10.2. The maximum atomic E-state index is 9.39.